The summed E-state index contributed by atoms with van der Waals surface area (Å²) in [6.07, 6.45) is 4.03. The van der Waals surface area contributed by atoms with Crippen LogP contribution < -0.4 is 11.1 Å². The molecule has 1 aliphatic carbocycles. The van der Waals surface area contributed by atoms with Gasteiger partial charge in [-0.3, -0.25) is 4.79 Å². The SMILES string of the molecule is C=C(C)C(=O)OCC(O)COC(=O)CCNCC1CCCC(CN)C1. The molecule has 0 amide bonds. The molecule has 0 radical (unpaired) electrons. The van der Waals surface area contributed by atoms with Crippen LogP contribution in [0.1, 0.15) is 39.0 Å². The minimum atomic E-state index is -1.03. The first kappa shape index (κ1) is 21.6. The largest absolute Gasteiger partial charge is 0.463 e. The molecule has 1 fully saturated rings. The zero-order valence-corrected chi connectivity index (χ0v) is 15.2. The predicted octanol–water partition coefficient (Wildman–Crippen LogP) is 0.755. The number of nitrogens with one attached hydrogen (secondary N) is 1. The zero-order valence-electron chi connectivity index (χ0n) is 15.2. The minimum absolute atomic E-state index is 0.191. The third kappa shape index (κ3) is 9.57. The van der Waals surface area contributed by atoms with Crippen LogP contribution in [-0.4, -0.2) is 56.0 Å². The summed E-state index contributed by atoms with van der Waals surface area (Å²) in [6.45, 7) is 6.74. The first-order chi connectivity index (χ1) is 11.9. The van der Waals surface area contributed by atoms with Gasteiger partial charge in [0.2, 0.25) is 0 Å². The Bertz CT molecular complexity index is 441. The number of aliphatic hydroxyl groups excluding tert-OH is 1. The van der Waals surface area contributed by atoms with E-state index in [1.54, 1.807) is 0 Å². The maximum atomic E-state index is 11.6. The number of hydrogen-bond acceptors (Lipinski definition) is 7. The molecule has 25 heavy (non-hydrogen) atoms. The van der Waals surface area contributed by atoms with E-state index in [0.717, 1.165) is 19.5 Å². The molecule has 3 atom stereocenters. The Balaban J connectivity index is 2.05. The Morgan fingerprint density at radius 3 is 2.64 bits per heavy atom. The fourth-order valence-electron chi connectivity index (χ4n) is 2.90. The number of carbonyl (C=O) groups is 2. The van der Waals surface area contributed by atoms with Crippen LogP contribution in [-0.2, 0) is 19.1 Å². The summed E-state index contributed by atoms with van der Waals surface area (Å²) in [6, 6.07) is 0. The smallest absolute Gasteiger partial charge is 0.333 e. The summed E-state index contributed by atoms with van der Waals surface area (Å²) < 4.78 is 9.74. The quantitative estimate of drug-likeness (QED) is 0.285. The van der Waals surface area contributed by atoms with E-state index >= 15 is 0 Å². The summed E-state index contributed by atoms with van der Waals surface area (Å²) in [4.78, 5) is 22.8. The maximum Gasteiger partial charge on any atom is 0.333 e. The molecule has 1 aliphatic rings. The summed E-state index contributed by atoms with van der Waals surface area (Å²) in [5.41, 5.74) is 5.99. The van der Waals surface area contributed by atoms with Crippen LogP contribution in [0.25, 0.3) is 0 Å². The van der Waals surface area contributed by atoms with Gasteiger partial charge in [-0.05, 0) is 51.1 Å². The van der Waals surface area contributed by atoms with E-state index in [9.17, 15) is 14.7 Å². The molecule has 1 rings (SSSR count). The summed E-state index contributed by atoms with van der Waals surface area (Å²) in [7, 11) is 0. The molecule has 3 unspecified atom stereocenters. The topological polar surface area (TPSA) is 111 Å². The van der Waals surface area contributed by atoms with E-state index in [1.807, 2.05) is 0 Å². The van der Waals surface area contributed by atoms with Gasteiger partial charge in [-0.1, -0.05) is 13.0 Å². The molecule has 4 N–H and O–H groups in total. The van der Waals surface area contributed by atoms with Gasteiger partial charge in [0.1, 0.15) is 19.3 Å². The Morgan fingerprint density at radius 2 is 1.96 bits per heavy atom. The average molecular weight is 356 g/mol. The number of carbonyl (C=O) groups excluding carboxylic acids is 2. The van der Waals surface area contributed by atoms with Crippen molar-refractivity contribution in [3.05, 3.63) is 12.2 Å². The predicted molar refractivity (Wildman–Crippen MR) is 94.7 cm³/mol. The number of aliphatic hydroxyl groups is 1. The van der Waals surface area contributed by atoms with Crippen molar-refractivity contribution in [3.63, 3.8) is 0 Å². The Hall–Kier alpha value is -1.44. The Labute approximate surface area is 149 Å². The van der Waals surface area contributed by atoms with Crippen molar-refractivity contribution in [2.45, 2.75) is 45.1 Å². The van der Waals surface area contributed by atoms with Gasteiger partial charge >= 0.3 is 11.9 Å². The molecule has 0 aromatic rings. The number of ether oxygens (including phenoxy) is 2. The van der Waals surface area contributed by atoms with Crippen molar-refractivity contribution in [3.8, 4) is 0 Å². The van der Waals surface area contributed by atoms with Crippen molar-refractivity contribution < 1.29 is 24.2 Å². The third-order valence-electron chi connectivity index (χ3n) is 4.36. The van der Waals surface area contributed by atoms with E-state index in [-0.39, 0.29) is 31.2 Å². The van der Waals surface area contributed by atoms with Gasteiger partial charge in [0.25, 0.3) is 0 Å². The molecule has 0 aromatic carbocycles. The fourth-order valence-corrected chi connectivity index (χ4v) is 2.90. The fraction of sp³-hybridized carbons (Fsp3) is 0.778. The van der Waals surface area contributed by atoms with E-state index in [1.165, 1.54) is 26.2 Å². The number of nitrogens with two attached hydrogens (primary N) is 1. The van der Waals surface area contributed by atoms with Crippen molar-refractivity contribution in [2.75, 3.05) is 32.8 Å². The first-order valence-corrected chi connectivity index (χ1v) is 8.99. The maximum absolute atomic E-state index is 11.6. The van der Waals surface area contributed by atoms with E-state index in [0.29, 0.717) is 18.4 Å². The van der Waals surface area contributed by atoms with Crippen LogP contribution in [0, 0.1) is 11.8 Å². The Kier molecular flexibility index (Phi) is 10.4. The van der Waals surface area contributed by atoms with Crippen LogP contribution >= 0.6 is 0 Å². The van der Waals surface area contributed by atoms with Gasteiger partial charge in [-0.2, -0.15) is 0 Å². The van der Waals surface area contributed by atoms with Crippen molar-refractivity contribution in [2.24, 2.45) is 17.6 Å². The van der Waals surface area contributed by atoms with Crippen molar-refractivity contribution in [1.29, 1.82) is 0 Å². The van der Waals surface area contributed by atoms with E-state index < -0.39 is 12.1 Å². The lowest BCUT2D eigenvalue weighted by molar-refractivity contribution is -0.150. The molecule has 0 bridgehead atoms. The van der Waals surface area contributed by atoms with Crippen LogP contribution in [0.4, 0.5) is 0 Å². The van der Waals surface area contributed by atoms with Crippen molar-refractivity contribution in [1.82, 2.24) is 5.32 Å². The van der Waals surface area contributed by atoms with Crippen LogP contribution in [0.2, 0.25) is 0 Å². The van der Waals surface area contributed by atoms with Gasteiger partial charge < -0.3 is 25.6 Å². The highest BCUT2D eigenvalue weighted by Crippen LogP contribution is 2.27. The lowest BCUT2D eigenvalue weighted by Crippen LogP contribution is -2.31. The highest BCUT2D eigenvalue weighted by atomic mass is 16.6. The van der Waals surface area contributed by atoms with Gasteiger partial charge in [0.05, 0.1) is 6.42 Å². The number of rotatable bonds is 11. The highest BCUT2D eigenvalue weighted by molar-refractivity contribution is 5.86. The number of esters is 2. The molecule has 7 heteroatoms. The average Bonchev–Trinajstić information content (AvgIpc) is 2.61. The van der Waals surface area contributed by atoms with E-state index in [2.05, 4.69) is 11.9 Å². The second kappa shape index (κ2) is 12.0. The normalized spacial score (nSPS) is 21.4. The lowest BCUT2D eigenvalue weighted by atomic mass is 9.81. The molecule has 0 aliphatic heterocycles. The zero-order chi connectivity index (χ0) is 18.7. The monoisotopic (exact) mass is 356 g/mol. The van der Waals surface area contributed by atoms with Gasteiger partial charge in [0, 0.05) is 12.1 Å². The molecular formula is C18H32N2O5. The third-order valence-corrected chi connectivity index (χ3v) is 4.36. The molecular weight excluding hydrogens is 324 g/mol. The summed E-state index contributed by atoms with van der Waals surface area (Å²) in [5.74, 6) is 0.296. The summed E-state index contributed by atoms with van der Waals surface area (Å²) in [5, 5.41) is 12.9. The molecule has 7 nitrogen and oxygen atoms in total. The van der Waals surface area contributed by atoms with Gasteiger partial charge in [0.15, 0.2) is 0 Å². The standard InChI is InChI=1S/C18H32N2O5/c1-13(2)18(23)25-12-16(21)11-24-17(22)6-7-20-10-15-5-3-4-14(8-15)9-19/h14-16,20-21H,1,3-12,19H2,2H3. The Morgan fingerprint density at radius 1 is 1.28 bits per heavy atom. The molecule has 1 saturated carbocycles. The molecule has 0 spiro atoms. The lowest BCUT2D eigenvalue weighted by Gasteiger charge is -2.28. The van der Waals surface area contributed by atoms with E-state index in [4.69, 9.17) is 15.2 Å². The first-order valence-electron chi connectivity index (χ1n) is 8.99. The highest BCUT2D eigenvalue weighted by Gasteiger charge is 2.20. The minimum Gasteiger partial charge on any atom is -0.463 e. The van der Waals surface area contributed by atoms with Crippen molar-refractivity contribution >= 4 is 11.9 Å². The van der Waals surface area contributed by atoms with Gasteiger partial charge in [-0.15, -0.1) is 0 Å². The van der Waals surface area contributed by atoms with Crippen LogP contribution in [0.3, 0.4) is 0 Å². The molecule has 0 aromatic heterocycles. The molecule has 0 heterocycles. The van der Waals surface area contributed by atoms with Crippen LogP contribution in [0.15, 0.2) is 12.2 Å². The second-order valence-electron chi connectivity index (χ2n) is 6.80. The molecule has 144 valence electrons. The second-order valence-corrected chi connectivity index (χ2v) is 6.80. The number of hydrogen-bond donors (Lipinski definition) is 3. The van der Waals surface area contributed by atoms with Gasteiger partial charge in [-0.25, -0.2) is 4.79 Å². The summed E-state index contributed by atoms with van der Waals surface area (Å²) >= 11 is 0. The van der Waals surface area contributed by atoms with Crippen LogP contribution in [0.5, 0.6) is 0 Å². The molecule has 0 saturated heterocycles.